The molecule has 2 unspecified atom stereocenters. The lowest BCUT2D eigenvalue weighted by Gasteiger charge is -2.40. The quantitative estimate of drug-likeness (QED) is 0.806. The molecule has 116 valence electrons. The Balaban J connectivity index is 1.79. The lowest BCUT2D eigenvalue weighted by molar-refractivity contribution is -0.141. The highest BCUT2D eigenvalue weighted by Crippen LogP contribution is 2.18. The zero-order valence-electron chi connectivity index (χ0n) is 12.7. The maximum absolute atomic E-state index is 12.4. The lowest BCUT2D eigenvalue weighted by atomic mass is 10.00. The van der Waals surface area contributed by atoms with Crippen LogP contribution in [0.15, 0.2) is 0 Å². The van der Waals surface area contributed by atoms with Crippen molar-refractivity contribution in [2.24, 2.45) is 11.7 Å². The number of carbonyl (C=O) groups excluding carboxylic acids is 1. The fourth-order valence-corrected chi connectivity index (χ4v) is 3.28. The Bertz CT molecular complexity index is 297. The number of nitrogens with two attached hydrogens (primary N) is 1. The van der Waals surface area contributed by atoms with Gasteiger partial charge >= 0.3 is 0 Å². The molecule has 0 aromatic carbocycles. The summed E-state index contributed by atoms with van der Waals surface area (Å²) in [5.41, 5.74) is 5.86. The van der Waals surface area contributed by atoms with E-state index < -0.39 is 0 Å². The SMILES string of the molecule is CCCC(CN)N1CCN(C(=O)C2CCCOC2)CC1. The second kappa shape index (κ2) is 7.96. The average Bonchev–Trinajstić information content (AvgIpc) is 2.53. The number of carbonyl (C=O) groups is 1. The summed E-state index contributed by atoms with van der Waals surface area (Å²) in [7, 11) is 0. The van der Waals surface area contributed by atoms with Gasteiger partial charge in [0, 0.05) is 45.4 Å². The standard InChI is InChI=1S/C15H29N3O2/c1-2-4-14(11-16)17-6-8-18(9-7-17)15(19)13-5-3-10-20-12-13/h13-14H,2-12,16H2,1H3. The van der Waals surface area contributed by atoms with Crippen molar-refractivity contribution >= 4 is 5.91 Å². The number of amides is 1. The summed E-state index contributed by atoms with van der Waals surface area (Å²) in [5.74, 6) is 0.389. The van der Waals surface area contributed by atoms with E-state index in [1.54, 1.807) is 0 Å². The molecule has 0 aromatic heterocycles. The molecule has 2 N–H and O–H groups in total. The second-order valence-electron chi connectivity index (χ2n) is 5.95. The molecule has 2 atom stereocenters. The van der Waals surface area contributed by atoms with Gasteiger partial charge in [-0.25, -0.2) is 0 Å². The van der Waals surface area contributed by atoms with Crippen LogP contribution in [0.25, 0.3) is 0 Å². The van der Waals surface area contributed by atoms with Crippen molar-refractivity contribution in [3.63, 3.8) is 0 Å². The van der Waals surface area contributed by atoms with E-state index in [0.717, 1.165) is 58.6 Å². The van der Waals surface area contributed by atoms with Crippen molar-refractivity contribution in [2.75, 3.05) is 45.9 Å². The number of ether oxygens (including phenoxy) is 1. The molecular weight excluding hydrogens is 254 g/mol. The number of rotatable bonds is 5. The Morgan fingerprint density at radius 3 is 2.65 bits per heavy atom. The zero-order chi connectivity index (χ0) is 14.4. The topological polar surface area (TPSA) is 58.8 Å². The van der Waals surface area contributed by atoms with Crippen LogP contribution in [0.2, 0.25) is 0 Å². The van der Waals surface area contributed by atoms with Gasteiger partial charge in [-0.3, -0.25) is 9.69 Å². The molecule has 20 heavy (non-hydrogen) atoms. The Hall–Kier alpha value is -0.650. The number of piperazine rings is 1. The largest absolute Gasteiger partial charge is 0.381 e. The van der Waals surface area contributed by atoms with E-state index in [9.17, 15) is 4.79 Å². The zero-order valence-corrected chi connectivity index (χ0v) is 12.7. The van der Waals surface area contributed by atoms with Crippen LogP contribution in [0.5, 0.6) is 0 Å². The highest BCUT2D eigenvalue weighted by atomic mass is 16.5. The maximum Gasteiger partial charge on any atom is 0.228 e. The molecule has 0 aliphatic carbocycles. The average molecular weight is 283 g/mol. The summed E-state index contributed by atoms with van der Waals surface area (Å²) in [6, 6.07) is 0.482. The number of nitrogens with zero attached hydrogens (tertiary/aromatic N) is 2. The van der Waals surface area contributed by atoms with Crippen molar-refractivity contribution in [2.45, 2.75) is 38.6 Å². The van der Waals surface area contributed by atoms with E-state index in [-0.39, 0.29) is 5.92 Å². The monoisotopic (exact) mass is 283 g/mol. The lowest BCUT2D eigenvalue weighted by Crippen LogP contribution is -2.55. The maximum atomic E-state index is 12.4. The van der Waals surface area contributed by atoms with Gasteiger partial charge in [0.15, 0.2) is 0 Å². The van der Waals surface area contributed by atoms with Gasteiger partial charge in [0.1, 0.15) is 0 Å². The summed E-state index contributed by atoms with van der Waals surface area (Å²) in [4.78, 5) is 16.9. The van der Waals surface area contributed by atoms with Gasteiger partial charge in [0.2, 0.25) is 5.91 Å². The molecule has 0 aromatic rings. The second-order valence-corrected chi connectivity index (χ2v) is 5.95. The van der Waals surface area contributed by atoms with Gasteiger partial charge in [0.05, 0.1) is 12.5 Å². The minimum Gasteiger partial charge on any atom is -0.381 e. The predicted octanol–water partition coefficient (Wildman–Crippen LogP) is 0.685. The molecule has 2 fully saturated rings. The van der Waals surface area contributed by atoms with Crippen LogP contribution in [0.1, 0.15) is 32.6 Å². The van der Waals surface area contributed by atoms with Crippen LogP contribution < -0.4 is 5.73 Å². The smallest absolute Gasteiger partial charge is 0.228 e. The Morgan fingerprint density at radius 2 is 2.10 bits per heavy atom. The molecule has 2 saturated heterocycles. The van der Waals surface area contributed by atoms with Gasteiger partial charge in [-0.1, -0.05) is 13.3 Å². The Labute approximate surface area is 122 Å². The van der Waals surface area contributed by atoms with E-state index in [2.05, 4.69) is 11.8 Å². The van der Waals surface area contributed by atoms with E-state index in [1.165, 1.54) is 6.42 Å². The van der Waals surface area contributed by atoms with Crippen molar-refractivity contribution in [1.29, 1.82) is 0 Å². The van der Waals surface area contributed by atoms with Crippen LogP contribution in [-0.2, 0) is 9.53 Å². The molecule has 0 saturated carbocycles. The van der Waals surface area contributed by atoms with E-state index in [4.69, 9.17) is 10.5 Å². The molecule has 0 bridgehead atoms. The molecule has 5 nitrogen and oxygen atoms in total. The van der Waals surface area contributed by atoms with Crippen molar-refractivity contribution < 1.29 is 9.53 Å². The van der Waals surface area contributed by atoms with Crippen molar-refractivity contribution in [3.05, 3.63) is 0 Å². The minimum absolute atomic E-state index is 0.0937. The molecule has 1 amide bonds. The molecule has 2 aliphatic heterocycles. The van der Waals surface area contributed by atoms with Gasteiger partial charge in [-0.2, -0.15) is 0 Å². The van der Waals surface area contributed by atoms with Crippen molar-refractivity contribution in [1.82, 2.24) is 9.80 Å². The molecule has 2 heterocycles. The van der Waals surface area contributed by atoms with E-state index in [1.807, 2.05) is 4.90 Å². The minimum atomic E-state index is 0.0937. The summed E-state index contributed by atoms with van der Waals surface area (Å²) in [6.45, 7) is 7.95. The van der Waals surface area contributed by atoms with Crippen LogP contribution in [-0.4, -0.2) is 67.7 Å². The van der Waals surface area contributed by atoms with E-state index >= 15 is 0 Å². The van der Waals surface area contributed by atoms with Crippen LogP contribution >= 0.6 is 0 Å². The van der Waals surface area contributed by atoms with Crippen LogP contribution in [0.4, 0.5) is 0 Å². The summed E-state index contributed by atoms with van der Waals surface area (Å²) < 4.78 is 5.43. The number of hydrogen-bond acceptors (Lipinski definition) is 4. The van der Waals surface area contributed by atoms with Gasteiger partial charge < -0.3 is 15.4 Å². The Kier molecular flexibility index (Phi) is 6.26. The fourth-order valence-electron chi connectivity index (χ4n) is 3.28. The third-order valence-corrected chi connectivity index (χ3v) is 4.55. The summed E-state index contributed by atoms with van der Waals surface area (Å²) in [6.07, 6.45) is 4.32. The molecule has 2 aliphatic rings. The predicted molar refractivity (Wildman–Crippen MR) is 79.4 cm³/mol. The normalized spacial score (nSPS) is 26.5. The highest BCUT2D eigenvalue weighted by molar-refractivity contribution is 5.79. The van der Waals surface area contributed by atoms with Gasteiger partial charge in [-0.05, 0) is 19.3 Å². The summed E-state index contributed by atoms with van der Waals surface area (Å²) >= 11 is 0. The fraction of sp³-hybridized carbons (Fsp3) is 0.933. The molecular formula is C15H29N3O2. The highest BCUT2D eigenvalue weighted by Gasteiger charge is 2.30. The first kappa shape index (κ1) is 15.7. The Morgan fingerprint density at radius 1 is 1.35 bits per heavy atom. The third-order valence-electron chi connectivity index (χ3n) is 4.55. The first-order chi connectivity index (χ1) is 9.76. The summed E-state index contributed by atoms with van der Waals surface area (Å²) in [5, 5.41) is 0. The molecule has 5 heteroatoms. The van der Waals surface area contributed by atoms with Gasteiger partial charge in [0.25, 0.3) is 0 Å². The van der Waals surface area contributed by atoms with Crippen LogP contribution in [0, 0.1) is 5.92 Å². The number of hydrogen-bond donors (Lipinski definition) is 1. The van der Waals surface area contributed by atoms with Gasteiger partial charge in [-0.15, -0.1) is 0 Å². The van der Waals surface area contributed by atoms with E-state index in [0.29, 0.717) is 18.6 Å². The first-order valence-electron chi connectivity index (χ1n) is 8.07. The molecule has 0 radical (unpaired) electrons. The first-order valence-corrected chi connectivity index (χ1v) is 8.07. The molecule has 2 rings (SSSR count). The van der Waals surface area contributed by atoms with Crippen molar-refractivity contribution in [3.8, 4) is 0 Å². The van der Waals surface area contributed by atoms with Crippen LogP contribution in [0.3, 0.4) is 0 Å². The molecule has 0 spiro atoms. The third kappa shape index (κ3) is 3.93.